The summed E-state index contributed by atoms with van der Waals surface area (Å²) in [5.74, 6) is -11.6. The number of benzene rings is 2. The zero-order valence-electron chi connectivity index (χ0n) is 24.2. The molecule has 42 heavy (non-hydrogen) atoms. The lowest BCUT2D eigenvalue weighted by atomic mass is 9.47. The highest BCUT2D eigenvalue weighted by molar-refractivity contribution is 6.32. The number of ketones is 4. The largest absolute Gasteiger partial charge is 0.507 e. The predicted octanol–water partition coefficient (Wildman–Crippen LogP) is 1.01. The second-order valence-electron chi connectivity index (χ2n) is 12.2. The normalized spacial score (nSPS) is 32.4. The van der Waals surface area contributed by atoms with E-state index in [-0.39, 0.29) is 17.9 Å². The fourth-order valence-corrected chi connectivity index (χ4v) is 7.78. The van der Waals surface area contributed by atoms with Crippen molar-refractivity contribution in [2.75, 3.05) is 20.6 Å². The molecule has 0 heterocycles. The maximum absolute atomic E-state index is 14.2. The molecule has 5 N–H and O–H groups in total. The summed E-state index contributed by atoms with van der Waals surface area (Å²) in [6, 6.07) is 12.3. The van der Waals surface area contributed by atoms with Crippen molar-refractivity contribution in [3.8, 4) is 5.75 Å². The zero-order valence-corrected chi connectivity index (χ0v) is 24.2. The van der Waals surface area contributed by atoms with Crippen LogP contribution in [0.4, 0.5) is 0 Å². The molecule has 8 atom stereocenters. The van der Waals surface area contributed by atoms with Gasteiger partial charge in [-0.3, -0.25) is 28.9 Å². The number of nitrogens with two attached hydrogens (primary N) is 1. The highest BCUT2D eigenvalue weighted by atomic mass is 16.3. The summed E-state index contributed by atoms with van der Waals surface area (Å²) in [4.78, 5) is 68.8. The van der Waals surface area contributed by atoms with Gasteiger partial charge in [0.1, 0.15) is 5.75 Å². The molecule has 10 heteroatoms. The monoisotopic (exact) mass is 575 g/mol. The number of amides is 1. The fourth-order valence-electron chi connectivity index (χ4n) is 7.78. The van der Waals surface area contributed by atoms with E-state index >= 15 is 0 Å². The van der Waals surface area contributed by atoms with Crippen LogP contribution >= 0.6 is 0 Å². The van der Waals surface area contributed by atoms with E-state index in [1.807, 2.05) is 37.3 Å². The first-order chi connectivity index (χ1) is 19.8. The Balaban J connectivity index is 1.51. The molecule has 0 saturated heterocycles. The molecule has 0 aliphatic heterocycles. The lowest BCUT2D eigenvalue weighted by Gasteiger charge is -2.57. The van der Waals surface area contributed by atoms with Crippen molar-refractivity contribution in [1.82, 2.24) is 10.2 Å². The van der Waals surface area contributed by atoms with Crippen molar-refractivity contribution >= 4 is 29.0 Å². The van der Waals surface area contributed by atoms with Crippen molar-refractivity contribution in [2.45, 2.75) is 44.4 Å². The molecule has 0 bridgehead atoms. The Bertz CT molecular complexity index is 1470. The average Bonchev–Trinajstić information content (AvgIpc) is 2.94. The standard InChI is InChI=1S/C32H37N3O7/c1-15-19-11-10-18(14-34-13-12-17-8-6-5-7-9-17)26(36)21(19)27(37)22-20(15)16(2)24-25(35(3)4)28(38)23(31(33)41)30(40)32(24,42)29(22)39/h5-11,15-16,20,22-25,34,36,42H,12-14H2,1-4H3,(H2,33,41)/t15-,16-,20-,22?,23?,24-,25-,32-/m0/s1. The van der Waals surface area contributed by atoms with E-state index in [9.17, 15) is 34.2 Å². The number of nitrogens with one attached hydrogen (secondary N) is 1. The molecule has 10 nitrogen and oxygen atoms in total. The molecule has 2 unspecified atom stereocenters. The maximum Gasteiger partial charge on any atom is 0.235 e. The highest BCUT2D eigenvalue weighted by Crippen LogP contribution is 2.57. The minimum absolute atomic E-state index is 0.00338. The number of hydrogen-bond donors (Lipinski definition) is 4. The van der Waals surface area contributed by atoms with Gasteiger partial charge in [0.05, 0.1) is 17.5 Å². The van der Waals surface area contributed by atoms with E-state index in [0.29, 0.717) is 17.7 Å². The van der Waals surface area contributed by atoms with Crippen LogP contribution in [0.25, 0.3) is 0 Å². The first kappa shape index (κ1) is 29.8. The Kier molecular flexibility index (Phi) is 7.67. The molecular weight excluding hydrogens is 538 g/mol. The first-order valence-electron chi connectivity index (χ1n) is 14.3. The van der Waals surface area contributed by atoms with Crippen LogP contribution in [0.5, 0.6) is 5.75 Å². The molecule has 2 saturated carbocycles. The van der Waals surface area contributed by atoms with Gasteiger partial charge in [-0.05, 0) is 55.9 Å². The van der Waals surface area contributed by atoms with E-state index in [0.717, 1.165) is 12.0 Å². The van der Waals surface area contributed by atoms with Crippen molar-refractivity contribution < 1.29 is 34.2 Å². The number of fused-ring (bicyclic) bond motifs is 3. The Morgan fingerprint density at radius 1 is 1.02 bits per heavy atom. The maximum atomic E-state index is 14.2. The number of carbonyl (C=O) groups is 5. The van der Waals surface area contributed by atoms with E-state index in [2.05, 4.69) is 5.32 Å². The number of Topliss-reactive ketones (excluding diaryl/α,β-unsaturated/α-hetero) is 4. The Labute approximate surface area is 244 Å². The number of aromatic hydroxyl groups is 1. The molecule has 3 aliphatic carbocycles. The van der Waals surface area contributed by atoms with Gasteiger partial charge in [0.2, 0.25) is 5.91 Å². The number of phenolic OH excluding ortho intramolecular Hbond substituents is 1. The third kappa shape index (κ3) is 4.31. The number of phenols is 1. The molecule has 1 amide bonds. The number of likely N-dealkylation sites (N-methyl/N-ethyl adjacent to an activating group) is 1. The van der Waals surface area contributed by atoms with Gasteiger partial charge in [0.25, 0.3) is 0 Å². The van der Waals surface area contributed by atoms with Crippen molar-refractivity contribution in [3.63, 3.8) is 0 Å². The van der Waals surface area contributed by atoms with Gasteiger partial charge in [-0.15, -0.1) is 0 Å². The van der Waals surface area contributed by atoms with Crippen LogP contribution in [-0.2, 0) is 32.1 Å². The zero-order chi connectivity index (χ0) is 30.7. The van der Waals surface area contributed by atoms with Crippen LogP contribution in [-0.4, -0.2) is 76.4 Å². The fraction of sp³-hybridized carbons (Fsp3) is 0.469. The van der Waals surface area contributed by atoms with Crippen LogP contribution in [0, 0.1) is 29.6 Å². The molecule has 0 spiro atoms. The summed E-state index contributed by atoms with van der Waals surface area (Å²) in [7, 11) is 3.14. The van der Waals surface area contributed by atoms with E-state index in [1.54, 1.807) is 33.2 Å². The van der Waals surface area contributed by atoms with Crippen molar-refractivity contribution in [3.05, 3.63) is 64.7 Å². The van der Waals surface area contributed by atoms with Crippen LogP contribution in [0.1, 0.15) is 46.8 Å². The van der Waals surface area contributed by atoms with Gasteiger partial charge in [0.15, 0.2) is 34.7 Å². The SMILES string of the molecule is C[C@H]1[C@H]2C(C(=O)c3c(ccc(CNCCc4ccccc4)c3O)[C@@H]2C)C(=O)[C@]2(O)C(=O)C(C(N)=O)C(=O)[C@@H](N(C)C)[C@H]12. The predicted molar refractivity (Wildman–Crippen MR) is 152 cm³/mol. The van der Waals surface area contributed by atoms with Crippen LogP contribution in [0.2, 0.25) is 0 Å². The topological polar surface area (TPSA) is 167 Å². The van der Waals surface area contributed by atoms with Crippen LogP contribution in [0.15, 0.2) is 42.5 Å². The molecule has 3 aliphatic rings. The lowest BCUT2D eigenvalue weighted by molar-refractivity contribution is -0.188. The second-order valence-corrected chi connectivity index (χ2v) is 12.2. The Morgan fingerprint density at radius 3 is 2.31 bits per heavy atom. The molecule has 5 rings (SSSR count). The third-order valence-electron chi connectivity index (χ3n) is 9.73. The number of hydrogen-bond acceptors (Lipinski definition) is 9. The number of carbonyl (C=O) groups excluding carboxylic acids is 5. The minimum atomic E-state index is -2.76. The smallest absolute Gasteiger partial charge is 0.235 e. The minimum Gasteiger partial charge on any atom is -0.507 e. The molecule has 0 radical (unpaired) electrons. The number of aliphatic hydroxyl groups is 1. The Hall–Kier alpha value is -3.73. The number of nitrogens with zero attached hydrogens (tertiary/aromatic N) is 1. The molecular formula is C32H37N3O7. The average molecular weight is 576 g/mol. The van der Waals surface area contributed by atoms with Gasteiger partial charge in [-0.2, -0.15) is 0 Å². The summed E-state index contributed by atoms with van der Waals surface area (Å²) in [6.45, 7) is 4.48. The lowest BCUT2D eigenvalue weighted by Crippen LogP contribution is -2.76. The van der Waals surface area contributed by atoms with Crippen LogP contribution < -0.4 is 11.1 Å². The molecule has 0 aromatic heterocycles. The van der Waals surface area contributed by atoms with E-state index < -0.39 is 76.2 Å². The first-order valence-corrected chi connectivity index (χ1v) is 14.3. The van der Waals surface area contributed by atoms with E-state index in [4.69, 9.17) is 5.73 Å². The van der Waals surface area contributed by atoms with Crippen molar-refractivity contribution in [1.29, 1.82) is 0 Å². The van der Waals surface area contributed by atoms with Crippen molar-refractivity contribution in [2.24, 2.45) is 35.3 Å². The summed E-state index contributed by atoms with van der Waals surface area (Å²) in [6.07, 6.45) is 0.773. The van der Waals surface area contributed by atoms with Gasteiger partial charge in [0, 0.05) is 18.0 Å². The number of rotatable bonds is 7. The molecule has 2 aromatic rings. The molecule has 2 fully saturated rings. The van der Waals surface area contributed by atoms with E-state index in [1.165, 1.54) is 4.90 Å². The van der Waals surface area contributed by atoms with Gasteiger partial charge in [-0.1, -0.05) is 56.3 Å². The third-order valence-corrected chi connectivity index (χ3v) is 9.73. The van der Waals surface area contributed by atoms with Gasteiger partial charge < -0.3 is 21.3 Å². The summed E-state index contributed by atoms with van der Waals surface area (Å²) < 4.78 is 0. The summed E-state index contributed by atoms with van der Waals surface area (Å²) in [5.41, 5.74) is 4.86. The van der Waals surface area contributed by atoms with Crippen LogP contribution in [0.3, 0.4) is 0 Å². The highest BCUT2D eigenvalue weighted by Gasteiger charge is 2.72. The molecule has 222 valence electrons. The summed E-state index contributed by atoms with van der Waals surface area (Å²) in [5, 5.41) is 26.5. The van der Waals surface area contributed by atoms with Gasteiger partial charge >= 0.3 is 0 Å². The number of primary amides is 1. The summed E-state index contributed by atoms with van der Waals surface area (Å²) >= 11 is 0. The quantitative estimate of drug-likeness (QED) is 0.278. The molecule has 2 aromatic carbocycles. The van der Waals surface area contributed by atoms with Gasteiger partial charge in [-0.25, -0.2) is 0 Å². The second kappa shape index (κ2) is 10.8. The Morgan fingerprint density at radius 2 is 1.69 bits per heavy atom.